The number of piperidine rings is 1. The number of benzene rings is 2. The summed E-state index contributed by atoms with van der Waals surface area (Å²) in [6.45, 7) is 8.69. The molecule has 13 heteroatoms. The monoisotopic (exact) mass is 696 g/mol. The number of amides is 5. The summed E-state index contributed by atoms with van der Waals surface area (Å²) in [6.07, 6.45) is 3.87. The zero-order chi connectivity index (χ0) is 35.2. The van der Waals surface area contributed by atoms with Crippen LogP contribution in [0, 0.1) is 6.92 Å². The van der Waals surface area contributed by atoms with Gasteiger partial charge in [-0.15, -0.1) is 11.3 Å². The largest absolute Gasteiger partial charge is 0.457 e. The van der Waals surface area contributed by atoms with E-state index < -0.39 is 23.8 Å². The Morgan fingerprint density at radius 3 is 2.52 bits per heavy atom. The lowest BCUT2D eigenvalue weighted by molar-refractivity contribution is -0.137. The van der Waals surface area contributed by atoms with E-state index in [9.17, 15) is 19.2 Å². The zero-order valence-electron chi connectivity index (χ0n) is 28.5. The van der Waals surface area contributed by atoms with Crippen molar-refractivity contribution in [2.75, 3.05) is 29.9 Å². The fourth-order valence-corrected chi connectivity index (χ4v) is 7.89. The molecular formula is C37H40N6O6S. The summed E-state index contributed by atoms with van der Waals surface area (Å²) in [7, 11) is 0. The molecule has 5 amide bonds. The standard InChI is InChI=1S/C37H40N6O6S/c1-22-20-25(48-24-11-6-5-7-12-24)14-15-26(22)43-27-16-17-38-33-29(27)30(40-35(43)46)31(50-33)32(44)39-23-10-8-18-41(21-23)34(45)28-13-9-19-42(28)36(47)49-37(2,3)4/h5-7,11-12,14-17,20,23,28H,8-10,13,18-19,21H2,1-4H3,(H,39,44)(H,40,46)/t23-,28?/m1/s1. The highest BCUT2D eigenvalue weighted by molar-refractivity contribution is 7.21. The summed E-state index contributed by atoms with van der Waals surface area (Å²) < 4.78 is 11.6. The Morgan fingerprint density at radius 1 is 0.980 bits per heavy atom. The number of likely N-dealkylation sites (tertiary alicyclic amines) is 2. The molecule has 12 nitrogen and oxygen atoms in total. The van der Waals surface area contributed by atoms with Crippen LogP contribution in [-0.4, -0.2) is 76.0 Å². The zero-order valence-corrected chi connectivity index (χ0v) is 29.3. The lowest BCUT2D eigenvalue weighted by atomic mass is 10.0. The van der Waals surface area contributed by atoms with Crippen LogP contribution in [0.2, 0.25) is 0 Å². The Bertz CT molecular complexity index is 1970. The number of aryl methyl sites for hydroxylation is 1. The van der Waals surface area contributed by atoms with E-state index in [2.05, 4.69) is 15.6 Å². The third kappa shape index (κ3) is 6.57. The highest BCUT2D eigenvalue weighted by Gasteiger charge is 2.40. The van der Waals surface area contributed by atoms with Crippen LogP contribution in [0.1, 0.15) is 61.7 Å². The molecular weight excluding hydrogens is 657 g/mol. The first-order chi connectivity index (χ1) is 24.0. The number of hydrogen-bond acceptors (Lipinski definition) is 8. The second-order valence-corrected chi connectivity index (χ2v) is 14.9. The second kappa shape index (κ2) is 13.3. The van der Waals surface area contributed by atoms with E-state index in [0.29, 0.717) is 82.6 Å². The smallest absolute Gasteiger partial charge is 0.410 e. The molecule has 0 bridgehead atoms. The van der Waals surface area contributed by atoms with Crippen LogP contribution >= 0.6 is 11.3 Å². The van der Waals surface area contributed by atoms with Gasteiger partial charge in [-0.3, -0.25) is 19.4 Å². The number of para-hydroxylation sites is 1. The molecule has 0 radical (unpaired) electrons. The molecule has 2 aromatic heterocycles. The van der Waals surface area contributed by atoms with Crippen molar-refractivity contribution in [3.63, 3.8) is 0 Å². The number of anilines is 3. The number of pyridine rings is 1. The van der Waals surface area contributed by atoms with Gasteiger partial charge in [-0.1, -0.05) is 18.2 Å². The molecule has 2 atom stereocenters. The van der Waals surface area contributed by atoms with Gasteiger partial charge in [0.2, 0.25) is 5.91 Å². The predicted octanol–water partition coefficient (Wildman–Crippen LogP) is 7.20. The lowest BCUT2D eigenvalue weighted by Crippen LogP contribution is -2.55. The fourth-order valence-electron chi connectivity index (χ4n) is 6.87. The summed E-state index contributed by atoms with van der Waals surface area (Å²) in [6, 6.07) is 15.6. The average molecular weight is 697 g/mol. The average Bonchev–Trinajstić information content (AvgIpc) is 3.72. The highest BCUT2D eigenvalue weighted by Crippen LogP contribution is 2.46. The van der Waals surface area contributed by atoms with E-state index in [1.54, 1.807) is 42.8 Å². The Labute approximate surface area is 294 Å². The molecule has 2 saturated heterocycles. The number of nitrogens with zero attached hydrogens (tertiary/aromatic N) is 4. The minimum atomic E-state index is -0.656. The van der Waals surface area contributed by atoms with Crippen molar-refractivity contribution in [1.29, 1.82) is 0 Å². The maximum absolute atomic E-state index is 13.8. The Kier molecular flexibility index (Phi) is 8.85. The van der Waals surface area contributed by atoms with Gasteiger partial charge in [0.15, 0.2) is 0 Å². The van der Waals surface area contributed by atoms with E-state index in [0.717, 1.165) is 12.0 Å². The van der Waals surface area contributed by atoms with Crippen LogP contribution in [-0.2, 0) is 9.53 Å². The number of hydrogen-bond donors (Lipinski definition) is 2. The molecule has 50 heavy (non-hydrogen) atoms. The van der Waals surface area contributed by atoms with Gasteiger partial charge in [-0.25, -0.2) is 14.6 Å². The number of carbonyl (C=O) groups excluding carboxylic acids is 4. The van der Waals surface area contributed by atoms with Gasteiger partial charge < -0.3 is 25.0 Å². The van der Waals surface area contributed by atoms with Crippen LogP contribution in [0.15, 0.2) is 60.8 Å². The predicted molar refractivity (Wildman–Crippen MR) is 192 cm³/mol. The third-order valence-corrected chi connectivity index (χ3v) is 10.2. The first-order valence-corrected chi connectivity index (χ1v) is 17.7. The third-order valence-electron chi connectivity index (χ3n) is 9.07. The first kappa shape index (κ1) is 33.3. The van der Waals surface area contributed by atoms with E-state index in [4.69, 9.17) is 9.47 Å². The van der Waals surface area contributed by atoms with E-state index in [1.165, 1.54) is 16.2 Å². The van der Waals surface area contributed by atoms with Crippen LogP contribution in [0.4, 0.5) is 26.7 Å². The van der Waals surface area contributed by atoms with Gasteiger partial charge in [0.25, 0.3) is 5.91 Å². The minimum Gasteiger partial charge on any atom is -0.457 e. The van der Waals surface area contributed by atoms with E-state index >= 15 is 0 Å². The van der Waals surface area contributed by atoms with Crippen molar-refractivity contribution in [3.8, 4) is 11.5 Å². The number of nitrogens with one attached hydrogen (secondary N) is 2. The van der Waals surface area contributed by atoms with Gasteiger partial charge in [-0.05, 0) is 95.3 Å². The van der Waals surface area contributed by atoms with Gasteiger partial charge in [0, 0.05) is 31.9 Å². The molecule has 0 aliphatic carbocycles. The number of rotatable bonds is 6. The summed E-state index contributed by atoms with van der Waals surface area (Å²) >= 11 is 1.22. The molecule has 0 spiro atoms. The van der Waals surface area contributed by atoms with Gasteiger partial charge >= 0.3 is 12.1 Å². The van der Waals surface area contributed by atoms with Crippen LogP contribution in [0.25, 0.3) is 10.2 Å². The minimum absolute atomic E-state index is 0.125. The van der Waals surface area contributed by atoms with E-state index in [1.807, 2.05) is 55.5 Å². The first-order valence-electron chi connectivity index (χ1n) is 16.9. The van der Waals surface area contributed by atoms with Crippen LogP contribution in [0.5, 0.6) is 11.5 Å². The molecule has 1 unspecified atom stereocenters. The molecule has 4 aromatic rings. The number of aromatic nitrogens is 1. The fraction of sp³-hybridized carbons (Fsp3) is 0.378. The summed E-state index contributed by atoms with van der Waals surface area (Å²) in [5.74, 6) is 0.903. The summed E-state index contributed by atoms with van der Waals surface area (Å²) in [4.78, 5) is 64.4. The molecule has 3 aliphatic heterocycles. The van der Waals surface area contributed by atoms with E-state index in [-0.39, 0.29) is 17.9 Å². The number of urea groups is 1. The van der Waals surface area contributed by atoms with Crippen molar-refractivity contribution in [3.05, 3.63) is 71.2 Å². The maximum atomic E-state index is 13.8. The molecule has 2 fully saturated rings. The van der Waals surface area contributed by atoms with Gasteiger partial charge in [0.05, 0.1) is 22.4 Å². The normalized spacial score (nSPS) is 19.0. The Hall–Kier alpha value is -5.17. The Morgan fingerprint density at radius 2 is 1.76 bits per heavy atom. The van der Waals surface area contributed by atoms with Crippen molar-refractivity contribution in [2.45, 2.75) is 71.1 Å². The molecule has 7 rings (SSSR count). The number of carbonyl (C=O) groups is 4. The Balaban J connectivity index is 1.08. The van der Waals surface area contributed by atoms with Crippen molar-refractivity contribution < 1.29 is 28.7 Å². The SMILES string of the molecule is Cc1cc(Oc2ccccc2)ccc1N1C(=O)Nc2c(C(=O)N[C@@H]3CCCN(C(=O)C4CCCN4C(=O)OC(C)(C)C)C3)sc3nccc1c23. The van der Waals surface area contributed by atoms with Gasteiger partial charge in [-0.2, -0.15) is 0 Å². The van der Waals surface area contributed by atoms with Crippen LogP contribution in [0.3, 0.4) is 0 Å². The summed E-state index contributed by atoms with van der Waals surface area (Å²) in [5.41, 5.74) is 1.91. The summed E-state index contributed by atoms with van der Waals surface area (Å²) in [5, 5.41) is 6.77. The molecule has 5 heterocycles. The maximum Gasteiger partial charge on any atom is 0.410 e. The van der Waals surface area contributed by atoms with Crippen molar-refractivity contribution in [2.24, 2.45) is 0 Å². The van der Waals surface area contributed by atoms with Crippen LogP contribution < -0.4 is 20.3 Å². The topological polar surface area (TPSA) is 133 Å². The molecule has 3 aliphatic rings. The quantitative estimate of drug-likeness (QED) is 0.218. The molecule has 2 N–H and O–H groups in total. The molecule has 2 aromatic carbocycles. The highest BCUT2D eigenvalue weighted by atomic mass is 32.1. The van der Waals surface area contributed by atoms with Gasteiger partial charge in [0.1, 0.15) is 32.8 Å². The van der Waals surface area contributed by atoms with Crippen molar-refractivity contribution >= 4 is 62.6 Å². The second-order valence-electron chi connectivity index (χ2n) is 13.9. The number of ether oxygens (including phenoxy) is 2. The molecule has 0 saturated carbocycles. The molecule has 260 valence electrons. The number of thiophene rings is 1. The van der Waals surface area contributed by atoms with Crippen molar-refractivity contribution in [1.82, 2.24) is 20.1 Å². The lowest BCUT2D eigenvalue weighted by Gasteiger charge is -2.36.